The molecule has 0 amide bonds. The third-order valence-electron chi connectivity index (χ3n) is 5.11. The largest absolute Gasteiger partial charge is 0.490 e. The fourth-order valence-corrected chi connectivity index (χ4v) is 3.33. The van der Waals surface area contributed by atoms with Crippen LogP contribution in [0.3, 0.4) is 0 Å². The second kappa shape index (κ2) is 9.79. The lowest BCUT2D eigenvalue weighted by atomic mass is 9.91. The van der Waals surface area contributed by atoms with Crippen LogP contribution >= 0.6 is 0 Å². The zero-order chi connectivity index (χ0) is 20.8. The fraction of sp³-hybridized carbons (Fsp3) is 0.333. The van der Waals surface area contributed by atoms with Crippen LogP contribution in [0.25, 0.3) is 6.08 Å². The van der Waals surface area contributed by atoms with Crippen LogP contribution in [0.1, 0.15) is 41.9 Å². The summed E-state index contributed by atoms with van der Waals surface area (Å²) in [6.07, 6.45) is 7.04. The Morgan fingerprint density at radius 1 is 1.14 bits per heavy atom. The molecule has 5 heteroatoms. The second-order valence-electron chi connectivity index (χ2n) is 7.22. The van der Waals surface area contributed by atoms with Crippen LogP contribution in [0.4, 0.5) is 13.2 Å². The Hall–Kier alpha value is -2.53. The minimum Gasteiger partial charge on any atom is -0.490 e. The molecule has 0 saturated carbocycles. The van der Waals surface area contributed by atoms with E-state index >= 15 is 0 Å². The Balaban J connectivity index is 1.57. The lowest BCUT2D eigenvalue weighted by Gasteiger charge is -2.28. The number of ether oxygens (including phenoxy) is 2. The van der Waals surface area contributed by atoms with Gasteiger partial charge in [0.15, 0.2) is 23.2 Å². The first kappa shape index (κ1) is 21.2. The van der Waals surface area contributed by atoms with Crippen molar-refractivity contribution in [2.75, 3.05) is 13.2 Å². The molecule has 0 bridgehead atoms. The highest BCUT2D eigenvalue weighted by Gasteiger charge is 2.22. The summed E-state index contributed by atoms with van der Waals surface area (Å²) in [6, 6.07) is 8.11. The summed E-state index contributed by atoms with van der Waals surface area (Å²) in [6.45, 7) is 5.97. The molecule has 0 aromatic heterocycles. The maximum atomic E-state index is 14.2. The minimum atomic E-state index is -0.846. The van der Waals surface area contributed by atoms with Crippen molar-refractivity contribution in [2.45, 2.75) is 38.2 Å². The molecule has 2 aromatic rings. The summed E-state index contributed by atoms with van der Waals surface area (Å²) in [4.78, 5) is 0. The number of hydrogen-bond donors (Lipinski definition) is 0. The monoisotopic (exact) mass is 402 g/mol. The molecule has 2 nitrogen and oxygen atoms in total. The lowest BCUT2D eigenvalue weighted by Crippen LogP contribution is -2.23. The van der Waals surface area contributed by atoms with E-state index < -0.39 is 11.6 Å². The molecule has 2 atom stereocenters. The van der Waals surface area contributed by atoms with Crippen molar-refractivity contribution in [3.05, 3.63) is 83.2 Å². The fourth-order valence-electron chi connectivity index (χ4n) is 3.33. The Labute approximate surface area is 169 Å². The van der Waals surface area contributed by atoms with Crippen LogP contribution in [0, 0.1) is 24.4 Å². The van der Waals surface area contributed by atoms with Crippen LogP contribution in [-0.2, 0) is 4.74 Å². The normalized spacial score (nSPS) is 19.4. The highest BCUT2D eigenvalue weighted by atomic mass is 19.2. The SMILES string of the molecule is C=CCCOc1ccc(C2CCC(/C=C/c3ccc(C)c(F)c3F)OC2)cc1F. The summed E-state index contributed by atoms with van der Waals surface area (Å²) in [5.74, 6) is -1.73. The molecule has 1 fully saturated rings. The summed E-state index contributed by atoms with van der Waals surface area (Å²) < 4.78 is 53.1. The van der Waals surface area contributed by atoms with Gasteiger partial charge in [0.2, 0.25) is 0 Å². The Kier molecular flexibility index (Phi) is 7.15. The van der Waals surface area contributed by atoms with E-state index in [2.05, 4.69) is 6.58 Å². The van der Waals surface area contributed by atoms with Gasteiger partial charge in [0.1, 0.15) is 0 Å². The molecule has 1 aliphatic heterocycles. The van der Waals surface area contributed by atoms with Crippen molar-refractivity contribution in [2.24, 2.45) is 0 Å². The van der Waals surface area contributed by atoms with Gasteiger partial charge in [-0.2, -0.15) is 0 Å². The van der Waals surface area contributed by atoms with E-state index in [4.69, 9.17) is 9.47 Å². The quantitative estimate of drug-likeness (QED) is 0.397. The van der Waals surface area contributed by atoms with Crippen LogP contribution in [0.2, 0.25) is 0 Å². The number of hydrogen-bond acceptors (Lipinski definition) is 2. The summed E-state index contributed by atoms with van der Waals surface area (Å²) in [5, 5.41) is 0. The van der Waals surface area contributed by atoms with Crippen molar-refractivity contribution < 1.29 is 22.6 Å². The highest BCUT2D eigenvalue weighted by molar-refractivity contribution is 5.51. The first-order valence-electron chi connectivity index (χ1n) is 9.77. The van der Waals surface area contributed by atoms with Gasteiger partial charge in [0.25, 0.3) is 0 Å². The van der Waals surface area contributed by atoms with E-state index in [1.807, 2.05) is 6.07 Å². The minimum absolute atomic E-state index is 0.0879. The van der Waals surface area contributed by atoms with Crippen molar-refractivity contribution in [3.8, 4) is 5.75 Å². The molecule has 0 spiro atoms. The first-order valence-corrected chi connectivity index (χ1v) is 9.77. The molecule has 154 valence electrons. The predicted octanol–water partition coefficient (Wildman–Crippen LogP) is 6.34. The molecule has 2 aromatic carbocycles. The number of halogens is 3. The number of rotatable bonds is 7. The van der Waals surface area contributed by atoms with Crippen LogP contribution in [-0.4, -0.2) is 19.3 Å². The molecular weight excluding hydrogens is 377 g/mol. The van der Waals surface area contributed by atoms with Crippen molar-refractivity contribution in [3.63, 3.8) is 0 Å². The van der Waals surface area contributed by atoms with Gasteiger partial charge in [-0.25, -0.2) is 13.2 Å². The van der Waals surface area contributed by atoms with Crippen molar-refractivity contribution in [1.29, 1.82) is 0 Å². The van der Waals surface area contributed by atoms with Crippen molar-refractivity contribution >= 4 is 6.08 Å². The van der Waals surface area contributed by atoms with E-state index in [-0.39, 0.29) is 34.7 Å². The van der Waals surface area contributed by atoms with Gasteiger partial charge in [-0.15, -0.1) is 6.58 Å². The average Bonchev–Trinajstić information content (AvgIpc) is 2.73. The van der Waals surface area contributed by atoms with Gasteiger partial charge < -0.3 is 9.47 Å². The lowest BCUT2D eigenvalue weighted by molar-refractivity contribution is 0.0331. The number of benzene rings is 2. The first-order chi connectivity index (χ1) is 14.0. The van der Waals surface area contributed by atoms with Crippen LogP contribution in [0.5, 0.6) is 5.75 Å². The molecular formula is C24H25F3O2. The van der Waals surface area contributed by atoms with E-state index in [1.165, 1.54) is 13.0 Å². The van der Waals surface area contributed by atoms with Gasteiger partial charge in [0.05, 0.1) is 19.3 Å². The average molecular weight is 402 g/mol. The van der Waals surface area contributed by atoms with Crippen LogP contribution in [0.15, 0.2) is 49.1 Å². The standard InChI is InChI=1S/C24H25F3O2/c1-3-4-13-28-22-12-9-18(14-21(22)25)19-8-11-20(29-15-19)10-7-17-6-5-16(2)23(26)24(17)27/h3,5-7,9-10,12,14,19-20H,1,4,8,11,13,15H2,2H3/b10-7+. The Bertz CT molecular complexity index is 884. The van der Waals surface area contributed by atoms with E-state index in [1.54, 1.807) is 36.4 Å². The van der Waals surface area contributed by atoms with Gasteiger partial charge >= 0.3 is 0 Å². The summed E-state index contributed by atoms with van der Waals surface area (Å²) in [5.41, 5.74) is 1.35. The zero-order valence-electron chi connectivity index (χ0n) is 16.5. The summed E-state index contributed by atoms with van der Waals surface area (Å²) >= 11 is 0. The topological polar surface area (TPSA) is 18.5 Å². The molecule has 1 saturated heterocycles. The third-order valence-corrected chi connectivity index (χ3v) is 5.11. The Morgan fingerprint density at radius 2 is 1.97 bits per heavy atom. The predicted molar refractivity (Wildman–Crippen MR) is 109 cm³/mol. The highest BCUT2D eigenvalue weighted by Crippen LogP contribution is 2.31. The maximum Gasteiger partial charge on any atom is 0.166 e. The smallest absolute Gasteiger partial charge is 0.166 e. The van der Waals surface area contributed by atoms with Crippen LogP contribution < -0.4 is 4.74 Å². The molecule has 3 rings (SSSR count). The molecule has 1 heterocycles. The van der Waals surface area contributed by atoms with E-state index in [9.17, 15) is 13.2 Å². The second-order valence-corrected chi connectivity index (χ2v) is 7.22. The maximum absolute atomic E-state index is 14.2. The molecule has 1 aliphatic rings. The van der Waals surface area contributed by atoms with Crippen molar-refractivity contribution in [1.82, 2.24) is 0 Å². The Morgan fingerprint density at radius 3 is 2.66 bits per heavy atom. The third kappa shape index (κ3) is 5.30. The van der Waals surface area contributed by atoms with Gasteiger partial charge in [-0.3, -0.25) is 0 Å². The number of aryl methyl sites for hydroxylation is 1. The zero-order valence-corrected chi connectivity index (χ0v) is 16.5. The molecule has 0 aliphatic carbocycles. The van der Waals surface area contributed by atoms with E-state index in [0.717, 1.165) is 18.4 Å². The molecule has 0 N–H and O–H groups in total. The van der Waals surface area contributed by atoms with E-state index in [0.29, 0.717) is 19.6 Å². The molecule has 0 radical (unpaired) electrons. The van der Waals surface area contributed by atoms with Gasteiger partial charge in [-0.05, 0) is 49.4 Å². The molecule has 29 heavy (non-hydrogen) atoms. The van der Waals surface area contributed by atoms with Gasteiger partial charge in [0, 0.05) is 11.5 Å². The molecule has 2 unspecified atom stereocenters. The van der Waals surface area contributed by atoms with Gasteiger partial charge in [-0.1, -0.05) is 36.4 Å². The summed E-state index contributed by atoms with van der Waals surface area (Å²) in [7, 11) is 0.